The first kappa shape index (κ1) is 15.2. The first-order valence-corrected chi connectivity index (χ1v) is 7.76. The second-order valence-corrected chi connectivity index (χ2v) is 5.83. The summed E-state index contributed by atoms with van der Waals surface area (Å²) in [5.74, 6) is 1.70. The third-order valence-corrected chi connectivity index (χ3v) is 3.82. The minimum absolute atomic E-state index is 0.153. The highest BCUT2D eigenvalue weighted by atomic mass is 16.5. The summed E-state index contributed by atoms with van der Waals surface area (Å²) in [7, 11) is 1.70. The van der Waals surface area contributed by atoms with Gasteiger partial charge >= 0.3 is 0 Å². The summed E-state index contributed by atoms with van der Waals surface area (Å²) >= 11 is 0. The Labute approximate surface area is 122 Å². The van der Waals surface area contributed by atoms with E-state index in [1.54, 1.807) is 7.11 Å². The van der Waals surface area contributed by atoms with E-state index in [1.807, 2.05) is 26.0 Å². The minimum Gasteiger partial charge on any atom is -0.493 e. The van der Waals surface area contributed by atoms with E-state index in [2.05, 4.69) is 11.4 Å². The number of benzene rings is 1. The number of nitrogens with one attached hydrogen (secondary N) is 1. The maximum Gasteiger partial charge on any atom is 0.166 e. The molecule has 1 aliphatic carbocycles. The van der Waals surface area contributed by atoms with Crippen molar-refractivity contribution in [3.63, 3.8) is 0 Å². The van der Waals surface area contributed by atoms with Crippen LogP contribution in [0.2, 0.25) is 0 Å². The lowest BCUT2D eigenvalue weighted by atomic mass is 9.95. The second-order valence-electron chi connectivity index (χ2n) is 5.83. The molecule has 2 rings (SSSR count). The van der Waals surface area contributed by atoms with Gasteiger partial charge in [-0.15, -0.1) is 0 Å². The van der Waals surface area contributed by atoms with Crippen molar-refractivity contribution in [1.29, 1.82) is 0 Å². The van der Waals surface area contributed by atoms with Gasteiger partial charge in [0.05, 0.1) is 13.2 Å². The molecule has 3 heteroatoms. The molecule has 3 nitrogen and oxygen atoms in total. The van der Waals surface area contributed by atoms with E-state index in [0.717, 1.165) is 18.0 Å². The standard InChI is InChI=1S/C17H27NO2/c1-13(2)20-17-14(8-7-11-16(17)19-3)12-18-15-9-5-4-6-10-15/h7-8,11,13,15,18H,4-6,9-10,12H2,1-3H3. The summed E-state index contributed by atoms with van der Waals surface area (Å²) in [5.41, 5.74) is 1.18. The molecule has 1 fully saturated rings. The number of hydrogen-bond acceptors (Lipinski definition) is 3. The third-order valence-electron chi connectivity index (χ3n) is 3.82. The molecule has 0 atom stereocenters. The smallest absolute Gasteiger partial charge is 0.166 e. The van der Waals surface area contributed by atoms with Crippen molar-refractivity contribution in [3.8, 4) is 11.5 Å². The molecule has 1 aromatic carbocycles. The molecule has 1 N–H and O–H groups in total. The van der Waals surface area contributed by atoms with Gasteiger partial charge in [0.15, 0.2) is 11.5 Å². The fourth-order valence-electron chi connectivity index (χ4n) is 2.79. The second kappa shape index (κ2) is 7.53. The maximum atomic E-state index is 5.94. The zero-order valence-corrected chi connectivity index (χ0v) is 12.9. The third kappa shape index (κ3) is 4.14. The Morgan fingerprint density at radius 1 is 1.20 bits per heavy atom. The first-order chi connectivity index (χ1) is 9.70. The molecule has 0 aliphatic heterocycles. The number of para-hydroxylation sites is 1. The molecule has 0 heterocycles. The van der Waals surface area contributed by atoms with Crippen LogP contribution in [0.5, 0.6) is 11.5 Å². The highest BCUT2D eigenvalue weighted by Crippen LogP contribution is 2.32. The molecule has 0 saturated heterocycles. The van der Waals surface area contributed by atoms with Crippen molar-refractivity contribution in [2.75, 3.05) is 7.11 Å². The summed E-state index contributed by atoms with van der Waals surface area (Å²) in [6.07, 6.45) is 6.84. The SMILES string of the molecule is COc1cccc(CNC2CCCCC2)c1OC(C)C. The van der Waals surface area contributed by atoms with Crippen LogP contribution in [-0.4, -0.2) is 19.3 Å². The summed E-state index contributed by atoms with van der Waals surface area (Å²) < 4.78 is 11.4. The monoisotopic (exact) mass is 277 g/mol. The lowest BCUT2D eigenvalue weighted by molar-refractivity contribution is 0.226. The molecular formula is C17H27NO2. The maximum absolute atomic E-state index is 5.94. The lowest BCUT2D eigenvalue weighted by Crippen LogP contribution is -2.30. The summed E-state index contributed by atoms with van der Waals surface area (Å²) in [5, 5.41) is 3.67. The molecule has 0 bridgehead atoms. The van der Waals surface area contributed by atoms with Gasteiger partial charge in [0.1, 0.15) is 0 Å². The van der Waals surface area contributed by atoms with Gasteiger partial charge in [-0.2, -0.15) is 0 Å². The van der Waals surface area contributed by atoms with Crippen molar-refractivity contribution in [2.24, 2.45) is 0 Å². The molecule has 0 aromatic heterocycles. The molecule has 0 radical (unpaired) electrons. The molecule has 20 heavy (non-hydrogen) atoms. The van der Waals surface area contributed by atoms with E-state index < -0.39 is 0 Å². The van der Waals surface area contributed by atoms with Crippen LogP contribution in [0.15, 0.2) is 18.2 Å². The van der Waals surface area contributed by atoms with Crippen LogP contribution in [0.1, 0.15) is 51.5 Å². The van der Waals surface area contributed by atoms with Gasteiger partial charge < -0.3 is 14.8 Å². The average molecular weight is 277 g/mol. The fraction of sp³-hybridized carbons (Fsp3) is 0.647. The summed E-state index contributed by atoms with van der Waals surface area (Å²) in [4.78, 5) is 0. The lowest BCUT2D eigenvalue weighted by Gasteiger charge is -2.24. The van der Waals surface area contributed by atoms with Crippen LogP contribution in [0.3, 0.4) is 0 Å². The van der Waals surface area contributed by atoms with Crippen LogP contribution in [0.25, 0.3) is 0 Å². The highest BCUT2D eigenvalue weighted by Gasteiger charge is 2.16. The Bertz CT molecular complexity index is 411. The van der Waals surface area contributed by atoms with Gasteiger partial charge in [0.25, 0.3) is 0 Å². The van der Waals surface area contributed by atoms with Crippen LogP contribution >= 0.6 is 0 Å². The van der Waals surface area contributed by atoms with Crippen molar-refractivity contribution in [3.05, 3.63) is 23.8 Å². The molecule has 112 valence electrons. The van der Waals surface area contributed by atoms with Gasteiger partial charge in [0, 0.05) is 18.2 Å². The quantitative estimate of drug-likeness (QED) is 0.855. The average Bonchev–Trinajstić information content (AvgIpc) is 2.46. The van der Waals surface area contributed by atoms with E-state index in [4.69, 9.17) is 9.47 Å². The van der Waals surface area contributed by atoms with E-state index >= 15 is 0 Å². The van der Waals surface area contributed by atoms with Crippen molar-refractivity contribution in [2.45, 2.75) is 64.6 Å². The van der Waals surface area contributed by atoms with E-state index in [-0.39, 0.29) is 6.10 Å². The zero-order chi connectivity index (χ0) is 14.4. The molecular weight excluding hydrogens is 250 g/mol. The largest absolute Gasteiger partial charge is 0.493 e. The molecule has 0 amide bonds. The highest BCUT2D eigenvalue weighted by molar-refractivity contribution is 5.46. The van der Waals surface area contributed by atoms with E-state index in [1.165, 1.54) is 37.7 Å². The van der Waals surface area contributed by atoms with Crippen LogP contribution in [0.4, 0.5) is 0 Å². The number of methoxy groups -OCH3 is 1. The number of rotatable bonds is 6. The fourth-order valence-corrected chi connectivity index (χ4v) is 2.79. The van der Waals surface area contributed by atoms with Crippen molar-refractivity contribution >= 4 is 0 Å². The Morgan fingerprint density at radius 3 is 2.60 bits per heavy atom. The van der Waals surface area contributed by atoms with Gasteiger partial charge in [-0.3, -0.25) is 0 Å². The zero-order valence-electron chi connectivity index (χ0n) is 12.9. The molecule has 1 aliphatic rings. The van der Waals surface area contributed by atoms with Crippen molar-refractivity contribution < 1.29 is 9.47 Å². The Kier molecular flexibility index (Phi) is 5.72. The van der Waals surface area contributed by atoms with Crippen LogP contribution in [0, 0.1) is 0 Å². The number of hydrogen-bond donors (Lipinski definition) is 1. The van der Waals surface area contributed by atoms with Gasteiger partial charge in [-0.1, -0.05) is 31.4 Å². The van der Waals surface area contributed by atoms with E-state index in [9.17, 15) is 0 Å². The summed E-state index contributed by atoms with van der Waals surface area (Å²) in [6.45, 7) is 4.94. The normalized spacial score (nSPS) is 16.4. The van der Waals surface area contributed by atoms with Crippen LogP contribution in [-0.2, 0) is 6.54 Å². The number of ether oxygens (including phenoxy) is 2. The van der Waals surface area contributed by atoms with Gasteiger partial charge in [-0.05, 0) is 32.8 Å². The van der Waals surface area contributed by atoms with Gasteiger partial charge in [0.2, 0.25) is 0 Å². The Morgan fingerprint density at radius 2 is 1.95 bits per heavy atom. The molecule has 1 saturated carbocycles. The van der Waals surface area contributed by atoms with Gasteiger partial charge in [-0.25, -0.2) is 0 Å². The minimum atomic E-state index is 0.153. The Balaban J connectivity index is 2.05. The first-order valence-electron chi connectivity index (χ1n) is 7.76. The molecule has 0 unspecified atom stereocenters. The molecule has 0 spiro atoms. The summed E-state index contributed by atoms with van der Waals surface area (Å²) in [6, 6.07) is 6.77. The van der Waals surface area contributed by atoms with Crippen molar-refractivity contribution in [1.82, 2.24) is 5.32 Å². The Hall–Kier alpha value is -1.22. The van der Waals surface area contributed by atoms with E-state index in [0.29, 0.717) is 6.04 Å². The topological polar surface area (TPSA) is 30.5 Å². The van der Waals surface area contributed by atoms with Crippen LogP contribution < -0.4 is 14.8 Å². The molecule has 1 aromatic rings. The predicted molar refractivity (Wildman–Crippen MR) is 82.5 cm³/mol. The predicted octanol–water partition coefficient (Wildman–Crippen LogP) is 3.90.